The Morgan fingerprint density at radius 3 is 2.14 bits per heavy atom. The lowest BCUT2D eigenvalue weighted by molar-refractivity contribution is 0.199. The Labute approximate surface area is 127 Å². The van der Waals surface area contributed by atoms with Gasteiger partial charge in [0, 0.05) is 20.2 Å². The third-order valence-electron chi connectivity index (χ3n) is 2.89. The number of nitrogens with one attached hydrogen (secondary N) is 1. The molecule has 0 aliphatic rings. The number of rotatable bonds is 10. The van der Waals surface area contributed by atoms with Gasteiger partial charge in [0.2, 0.25) is 5.75 Å². The fraction of sp³-hybridized carbons (Fsp3) is 0.625. The molecule has 0 spiro atoms. The second-order valence-electron chi connectivity index (χ2n) is 5.20. The van der Waals surface area contributed by atoms with Crippen LogP contribution in [0.1, 0.15) is 19.4 Å². The summed E-state index contributed by atoms with van der Waals surface area (Å²) in [5.74, 6) is 2.49. The Kier molecular flexibility index (Phi) is 7.93. The van der Waals surface area contributed by atoms with E-state index in [1.54, 1.807) is 21.3 Å². The lowest BCUT2D eigenvalue weighted by Gasteiger charge is -2.17. The van der Waals surface area contributed by atoms with Gasteiger partial charge in [-0.1, -0.05) is 13.8 Å². The van der Waals surface area contributed by atoms with Crippen LogP contribution in [0.15, 0.2) is 12.1 Å². The molecule has 21 heavy (non-hydrogen) atoms. The van der Waals surface area contributed by atoms with Crippen molar-refractivity contribution >= 4 is 0 Å². The average Bonchev–Trinajstić information content (AvgIpc) is 2.48. The summed E-state index contributed by atoms with van der Waals surface area (Å²) in [5.41, 5.74) is 1.08. The fourth-order valence-corrected chi connectivity index (χ4v) is 1.84. The molecule has 0 amide bonds. The van der Waals surface area contributed by atoms with Gasteiger partial charge in [-0.25, -0.2) is 0 Å². The number of methoxy groups -OCH3 is 3. The van der Waals surface area contributed by atoms with Gasteiger partial charge in [0.25, 0.3) is 0 Å². The van der Waals surface area contributed by atoms with Crippen molar-refractivity contribution in [3.63, 3.8) is 0 Å². The summed E-state index contributed by atoms with van der Waals surface area (Å²) in [4.78, 5) is 0. The second-order valence-corrected chi connectivity index (χ2v) is 5.20. The van der Waals surface area contributed by atoms with E-state index in [9.17, 15) is 0 Å². The topological polar surface area (TPSA) is 49.0 Å². The van der Waals surface area contributed by atoms with Crippen LogP contribution in [-0.2, 0) is 11.3 Å². The van der Waals surface area contributed by atoms with E-state index in [0.717, 1.165) is 18.7 Å². The quantitative estimate of drug-likeness (QED) is 0.672. The van der Waals surface area contributed by atoms with Gasteiger partial charge in [-0.2, -0.15) is 0 Å². The minimum absolute atomic E-state index is 0.440. The second kappa shape index (κ2) is 9.47. The molecule has 0 radical (unpaired) electrons. The maximum absolute atomic E-state index is 5.82. The predicted molar refractivity (Wildman–Crippen MR) is 83.5 cm³/mol. The Morgan fingerprint density at radius 2 is 1.67 bits per heavy atom. The molecule has 1 rings (SSSR count). The first kappa shape index (κ1) is 17.6. The molecule has 0 fully saturated rings. The normalized spacial score (nSPS) is 10.8. The van der Waals surface area contributed by atoms with Crippen molar-refractivity contribution in [1.29, 1.82) is 0 Å². The van der Waals surface area contributed by atoms with E-state index in [1.807, 2.05) is 12.1 Å². The van der Waals surface area contributed by atoms with Crippen molar-refractivity contribution in [2.24, 2.45) is 5.92 Å². The Hall–Kier alpha value is -1.46. The van der Waals surface area contributed by atoms with Crippen LogP contribution in [0.25, 0.3) is 0 Å². The van der Waals surface area contributed by atoms with E-state index in [4.69, 9.17) is 18.9 Å². The number of ether oxygens (including phenoxy) is 4. The van der Waals surface area contributed by atoms with Crippen LogP contribution in [0.3, 0.4) is 0 Å². The molecule has 120 valence electrons. The van der Waals surface area contributed by atoms with Crippen molar-refractivity contribution in [3.8, 4) is 17.2 Å². The molecule has 0 bridgehead atoms. The zero-order valence-corrected chi connectivity index (χ0v) is 13.7. The van der Waals surface area contributed by atoms with Gasteiger partial charge in [-0.05, 0) is 23.6 Å². The third kappa shape index (κ3) is 5.81. The Morgan fingerprint density at radius 1 is 1.05 bits per heavy atom. The molecule has 0 aliphatic carbocycles. The molecular weight excluding hydrogens is 270 g/mol. The summed E-state index contributed by atoms with van der Waals surface area (Å²) in [7, 11) is 4.97. The Bertz CT molecular complexity index is 396. The molecule has 5 heteroatoms. The van der Waals surface area contributed by atoms with Crippen LogP contribution in [-0.4, -0.2) is 41.1 Å². The van der Waals surface area contributed by atoms with Crippen LogP contribution in [0.4, 0.5) is 0 Å². The summed E-state index contributed by atoms with van der Waals surface area (Å²) >= 11 is 0. The van der Waals surface area contributed by atoms with Gasteiger partial charge >= 0.3 is 0 Å². The third-order valence-corrected chi connectivity index (χ3v) is 2.89. The van der Waals surface area contributed by atoms with E-state index in [-0.39, 0.29) is 0 Å². The van der Waals surface area contributed by atoms with E-state index in [1.165, 1.54) is 0 Å². The molecule has 0 unspecified atom stereocenters. The first-order valence-electron chi connectivity index (χ1n) is 7.19. The molecule has 1 aromatic rings. The highest BCUT2D eigenvalue weighted by Crippen LogP contribution is 2.38. The van der Waals surface area contributed by atoms with E-state index < -0.39 is 0 Å². The summed E-state index contributed by atoms with van der Waals surface area (Å²) in [5, 5.41) is 3.30. The smallest absolute Gasteiger partial charge is 0.203 e. The predicted octanol–water partition coefficient (Wildman–Crippen LogP) is 2.47. The molecule has 0 saturated heterocycles. The van der Waals surface area contributed by atoms with Gasteiger partial charge in [0.15, 0.2) is 11.5 Å². The number of benzene rings is 1. The molecule has 0 aliphatic heterocycles. The highest BCUT2D eigenvalue weighted by molar-refractivity contribution is 5.53. The largest absolute Gasteiger partial charge is 0.493 e. The standard InChI is InChI=1S/C16H27NO4/c1-12(2)11-21-16-14(19-4)8-13(9-15(16)20-5)10-17-6-7-18-3/h8-9,12,17H,6-7,10-11H2,1-5H3. The summed E-state index contributed by atoms with van der Waals surface area (Å²) < 4.78 is 21.7. The van der Waals surface area contributed by atoms with Crippen molar-refractivity contribution in [1.82, 2.24) is 5.32 Å². The number of hydrogen-bond acceptors (Lipinski definition) is 5. The maximum atomic E-state index is 5.82. The van der Waals surface area contributed by atoms with Gasteiger partial charge in [-0.3, -0.25) is 0 Å². The first-order chi connectivity index (χ1) is 10.1. The maximum Gasteiger partial charge on any atom is 0.203 e. The molecule has 1 N–H and O–H groups in total. The van der Waals surface area contributed by atoms with Crippen molar-refractivity contribution in [2.75, 3.05) is 41.1 Å². The van der Waals surface area contributed by atoms with E-state index >= 15 is 0 Å². The Balaban J connectivity index is 2.84. The molecule has 0 atom stereocenters. The van der Waals surface area contributed by atoms with Crippen molar-refractivity contribution in [3.05, 3.63) is 17.7 Å². The van der Waals surface area contributed by atoms with Crippen LogP contribution in [0.2, 0.25) is 0 Å². The lowest BCUT2D eigenvalue weighted by Crippen LogP contribution is -2.18. The molecule has 0 saturated carbocycles. The lowest BCUT2D eigenvalue weighted by atomic mass is 10.1. The molecular formula is C16H27NO4. The van der Waals surface area contributed by atoms with Gasteiger partial charge in [-0.15, -0.1) is 0 Å². The summed E-state index contributed by atoms with van der Waals surface area (Å²) in [6.45, 7) is 7.04. The van der Waals surface area contributed by atoms with E-state index in [0.29, 0.717) is 36.4 Å². The zero-order chi connectivity index (χ0) is 15.7. The van der Waals surface area contributed by atoms with Crippen LogP contribution < -0.4 is 19.5 Å². The SMILES string of the molecule is COCCNCc1cc(OC)c(OCC(C)C)c(OC)c1. The molecule has 1 aromatic carbocycles. The molecule has 5 nitrogen and oxygen atoms in total. The summed E-state index contributed by atoms with van der Waals surface area (Å²) in [6, 6.07) is 3.94. The van der Waals surface area contributed by atoms with Crippen LogP contribution in [0, 0.1) is 5.92 Å². The zero-order valence-electron chi connectivity index (χ0n) is 13.7. The minimum atomic E-state index is 0.440. The highest BCUT2D eigenvalue weighted by Gasteiger charge is 2.14. The van der Waals surface area contributed by atoms with Crippen LogP contribution in [0.5, 0.6) is 17.2 Å². The van der Waals surface area contributed by atoms with Gasteiger partial charge < -0.3 is 24.3 Å². The fourth-order valence-electron chi connectivity index (χ4n) is 1.84. The first-order valence-corrected chi connectivity index (χ1v) is 7.19. The molecule has 0 aromatic heterocycles. The summed E-state index contributed by atoms with van der Waals surface area (Å²) in [6.07, 6.45) is 0. The van der Waals surface area contributed by atoms with E-state index in [2.05, 4.69) is 19.2 Å². The highest BCUT2D eigenvalue weighted by atomic mass is 16.5. The van der Waals surface area contributed by atoms with Crippen LogP contribution >= 0.6 is 0 Å². The number of hydrogen-bond donors (Lipinski definition) is 1. The van der Waals surface area contributed by atoms with Gasteiger partial charge in [0.05, 0.1) is 27.4 Å². The molecule has 0 heterocycles. The monoisotopic (exact) mass is 297 g/mol. The van der Waals surface area contributed by atoms with Crippen molar-refractivity contribution in [2.45, 2.75) is 20.4 Å². The minimum Gasteiger partial charge on any atom is -0.493 e. The average molecular weight is 297 g/mol. The van der Waals surface area contributed by atoms with Gasteiger partial charge in [0.1, 0.15) is 0 Å². The van der Waals surface area contributed by atoms with Crippen molar-refractivity contribution < 1.29 is 18.9 Å².